The quantitative estimate of drug-likeness (QED) is 0.325. The number of aromatic hydroxyl groups is 1. The van der Waals surface area contributed by atoms with Gasteiger partial charge in [-0.3, -0.25) is 4.79 Å². The van der Waals surface area contributed by atoms with Gasteiger partial charge >= 0.3 is 5.97 Å². The molecule has 1 atom stereocenters. The highest BCUT2D eigenvalue weighted by molar-refractivity contribution is 7.95. The van der Waals surface area contributed by atoms with Crippen LogP contribution in [-0.4, -0.2) is 11.1 Å². The normalized spacial score (nSPS) is 13.6. The summed E-state index contributed by atoms with van der Waals surface area (Å²) >= 11 is 1.26. The maximum Gasteiger partial charge on any atom is 0.314 e. The predicted molar refractivity (Wildman–Crippen MR) is 126 cm³/mol. The van der Waals surface area contributed by atoms with Gasteiger partial charge in [0.15, 0.2) is 0 Å². The lowest BCUT2D eigenvalue weighted by Gasteiger charge is -2.29. The van der Waals surface area contributed by atoms with E-state index in [4.69, 9.17) is 4.18 Å². The fourth-order valence-electron chi connectivity index (χ4n) is 3.44. The Bertz CT molecular complexity index is 631. The van der Waals surface area contributed by atoms with E-state index < -0.39 is 0 Å². The van der Waals surface area contributed by atoms with Crippen molar-refractivity contribution in [3.8, 4) is 5.75 Å². The number of phenols is 1. The third kappa shape index (κ3) is 8.62. The number of phenolic OH excluding ortho intramolecular Hbond substituents is 1. The van der Waals surface area contributed by atoms with Gasteiger partial charge in [0.2, 0.25) is 0 Å². The van der Waals surface area contributed by atoms with Crippen molar-refractivity contribution < 1.29 is 14.1 Å². The summed E-state index contributed by atoms with van der Waals surface area (Å²) in [5.41, 5.74) is 2.69. The molecular formula is C25H42O3S. The Balaban J connectivity index is 3.22. The van der Waals surface area contributed by atoms with E-state index in [-0.39, 0.29) is 22.0 Å². The van der Waals surface area contributed by atoms with Gasteiger partial charge in [0.1, 0.15) is 5.75 Å². The van der Waals surface area contributed by atoms with Gasteiger partial charge in [0.25, 0.3) is 0 Å². The van der Waals surface area contributed by atoms with Crippen molar-refractivity contribution in [2.75, 3.05) is 0 Å². The first kappa shape index (κ1) is 25.9. The molecule has 29 heavy (non-hydrogen) atoms. The summed E-state index contributed by atoms with van der Waals surface area (Å²) in [4.78, 5) is 11.5. The molecule has 0 spiro atoms. The van der Waals surface area contributed by atoms with Crippen LogP contribution in [0, 0.1) is 5.92 Å². The predicted octanol–water partition coefficient (Wildman–Crippen LogP) is 7.85. The number of rotatable bonds is 9. The van der Waals surface area contributed by atoms with E-state index >= 15 is 0 Å². The lowest BCUT2D eigenvalue weighted by atomic mass is 9.78. The molecule has 0 amide bonds. The highest BCUT2D eigenvalue weighted by atomic mass is 32.2. The SMILES string of the molecule is CC(=O)OSC(CCCCCC(C)C)c1cc(C(C)(C)C)c(O)c(C(C)(C)C)c1. The van der Waals surface area contributed by atoms with Crippen LogP contribution in [-0.2, 0) is 19.8 Å². The molecule has 0 saturated carbocycles. The Morgan fingerprint density at radius 2 is 1.45 bits per heavy atom. The molecule has 1 rings (SSSR count). The molecule has 0 aromatic heterocycles. The van der Waals surface area contributed by atoms with E-state index in [1.165, 1.54) is 38.2 Å². The summed E-state index contributed by atoms with van der Waals surface area (Å²) in [6.07, 6.45) is 5.73. The molecule has 0 fully saturated rings. The molecule has 1 aromatic rings. The van der Waals surface area contributed by atoms with Crippen LogP contribution in [0.3, 0.4) is 0 Å². The second-order valence-corrected chi connectivity index (χ2v) is 11.6. The molecule has 0 saturated heterocycles. The molecule has 1 N–H and O–H groups in total. The van der Waals surface area contributed by atoms with Gasteiger partial charge in [0.05, 0.1) is 17.3 Å². The third-order valence-corrected chi connectivity index (χ3v) is 6.22. The third-order valence-electron chi connectivity index (χ3n) is 5.15. The van der Waals surface area contributed by atoms with Crippen LogP contribution < -0.4 is 0 Å². The Kier molecular flexibility index (Phi) is 9.59. The van der Waals surface area contributed by atoms with Gasteiger partial charge in [-0.05, 0) is 39.9 Å². The second-order valence-electron chi connectivity index (χ2n) is 10.7. The van der Waals surface area contributed by atoms with Crippen molar-refractivity contribution in [1.29, 1.82) is 0 Å². The lowest BCUT2D eigenvalue weighted by molar-refractivity contribution is -0.130. The van der Waals surface area contributed by atoms with E-state index in [1.54, 1.807) is 0 Å². The Morgan fingerprint density at radius 3 is 1.86 bits per heavy atom. The van der Waals surface area contributed by atoms with Gasteiger partial charge in [0, 0.05) is 6.92 Å². The first-order valence-electron chi connectivity index (χ1n) is 10.9. The first-order valence-corrected chi connectivity index (χ1v) is 11.8. The van der Waals surface area contributed by atoms with Gasteiger partial charge in [-0.1, -0.05) is 93.2 Å². The van der Waals surface area contributed by atoms with Gasteiger partial charge in [-0.15, -0.1) is 0 Å². The lowest BCUT2D eigenvalue weighted by Crippen LogP contribution is -2.18. The largest absolute Gasteiger partial charge is 0.507 e. The average Bonchev–Trinajstić information content (AvgIpc) is 2.55. The number of benzene rings is 1. The van der Waals surface area contributed by atoms with E-state index in [9.17, 15) is 9.90 Å². The molecule has 0 bridgehead atoms. The van der Waals surface area contributed by atoms with Crippen LogP contribution in [0.1, 0.15) is 116 Å². The van der Waals surface area contributed by atoms with Crippen LogP contribution in [0.2, 0.25) is 0 Å². The van der Waals surface area contributed by atoms with Crippen LogP contribution in [0.25, 0.3) is 0 Å². The van der Waals surface area contributed by atoms with Gasteiger partial charge in [-0.2, -0.15) is 0 Å². The minimum absolute atomic E-state index is 0.0701. The van der Waals surface area contributed by atoms with Crippen LogP contribution >= 0.6 is 12.0 Å². The molecule has 1 aromatic carbocycles. The topological polar surface area (TPSA) is 46.5 Å². The standard InChI is InChI=1S/C25H42O3S/c1-17(2)13-11-10-12-14-22(29-28-18(3)26)19-15-20(24(4,5)6)23(27)21(16-19)25(7,8)9/h15-17,22,27H,10-14H2,1-9H3. The molecule has 0 radical (unpaired) electrons. The summed E-state index contributed by atoms with van der Waals surface area (Å²) in [6.45, 7) is 18.7. The first-order chi connectivity index (χ1) is 13.2. The van der Waals surface area contributed by atoms with E-state index in [0.29, 0.717) is 5.75 Å². The highest BCUT2D eigenvalue weighted by Crippen LogP contribution is 2.44. The molecule has 4 heteroatoms. The Morgan fingerprint density at radius 1 is 0.966 bits per heavy atom. The zero-order valence-electron chi connectivity index (χ0n) is 20.0. The van der Waals surface area contributed by atoms with Crippen molar-refractivity contribution in [2.45, 2.75) is 110 Å². The number of carbonyl (C=O) groups is 1. The summed E-state index contributed by atoms with van der Waals surface area (Å²) < 4.78 is 5.35. The van der Waals surface area contributed by atoms with E-state index in [2.05, 4.69) is 67.5 Å². The van der Waals surface area contributed by atoms with Gasteiger partial charge in [-0.25, -0.2) is 0 Å². The number of hydrogen-bond donors (Lipinski definition) is 1. The number of unbranched alkanes of at least 4 members (excludes halogenated alkanes) is 2. The second kappa shape index (κ2) is 10.7. The Labute approximate surface area is 183 Å². The van der Waals surface area contributed by atoms with Crippen molar-refractivity contribution in [1.82, 2.24) is 0 Å². The molecule has 0 aliphatic rings. The van der Waals surface area contributed by atoms with Crippen LogP contribution in [0.15, 0.2) is 12.1 Å². The summed E-state index contributed by atoms with van der Waals surface area (Å²) in [6, 6.07) is 4.22. The van der Waals surface area contributed by atoms with Crippen molar-refractivity contribution in [3.05, 3.63) is 28.8 Å². The minimum Gasteiger partial charge on any atom is -0.507 e. The molecule has 0 aliphatic heterocycles. The molecule has 3 nitrogen and oxygen atoms in total. The smallest absolute Gasteiger partial charge is 0.314 e. The highest BCUT2D eigenvalue weighted by Gasteiger charge is 2.28. The van der Waals surface area contributed by atoms with Crippen LogP contribution in [0.4, 0.5) is 0 Å². The molecule has 0 aliphatic carbocycles. The molecule has 1 unspecified atom stereocenters. The molecule has 166 valence electrons. The zero-order chi connectivity index (χ0) is 22.4. The van der Waals surface area contributed by atoms with E-state index in [0.717, 1.165) is 35.4 Å². The van der Waals surface area contributed by atoms with Crippen LogP contribution in [0.5, 0.6) is 5.75 Å². The zero-order valence-corrected chi connectivity index (χ0v) is 20.8. The maximum absolute atomic E-state index is 11.5. The van der Waals surface area contributed by atoms with E-state index in [1.807, 2.05) is 0 Å². The number of carbonyl (C=O) groups excluding carboxylic acids is 1. The fourth-order valence-corrected chi connectivity index (χ4v) is 4.20. The maximum atomic E-state index is 11.5. The fraction of sp³-hybridized carbons (Fsp3) is 0.720. The minimum atomic E-state index is -0.273. The monoisotopic (exact) mass is 422 g/mol. The molecule has 0 heterocycles. The Hall–Kier alpha value is -1.16. The summed E-state index contributed by atoms with van der Waals surface area (Å²) in [7, 11) is 0. The average molecular weight is 423 g/mol. The summed E-state index contributed by atoms with van der Waals surface area (Å²) in [5, 5.41) is 11.1. The van der Waals surface area contributed by atoms with Gasteiger partial charge < -0.3 is 9.29 Å². The molecular weight excluding hydrogens is 380 g/mol. The van der Waals surface area contributed by atoms with Crippen molar-refractivity contribution >= 4 is 18.0 Å². The van der Waals surface area contributed by atoms with Crippen molar-refractivity contribution in [3.63, 3.8) is 0 Å². The van der Waals surface area contributed by atoms with Crippen molar-refractivity contribution in [2.24, 2.45) is 5.92 Å². The number of hydrogen-bond acceptors (Lipinski definition) is 4. The summed E-state index contributed by atoms with van der Waals surface area (Å²) in [5.74, 6) is 0.856.